The Morgan fingerprint density at radius 2 is 2.00 bits per heavy atom. The molecule has 1 aliphatic heterocycles. The molecular formula is C12H23N3O2S. The molecule has 0 bridgehead atoms. The van der Waals surface area contributed by atoms with Crippen molar-refractivity contribution in [2.75, 3.05) is 32.9 Å². The number of hydrogen-bond donors (Lipinski definition) is 2. The Kier molecular flexibility index (Phi) is 5.95. The number of likely N-dealkylation sites (N-methyl/N-ethyl adjacent to an activating group) is 1. The number of carbonyl (C=O) groups excluding carboxylic acids is 2. The Bertz CT molecular complexity index is 304. The lowest BCUT2D eigenvalue weighted by atomic mass is 10.0. The van der Waals surface area contributed by atoms with Gasteiger partial charge in [0, 0.05) is 25.8 Å². The van der Waals surface area contributed by atoms with Crippen LogP contribution in [0.3, 0.4) is 0 Å². The summed E-state index contributed by atoms with van der Waals surface area (Å²) in [6.45, 7) is 3.43. The number of piperidine rings is 1. The number of nitrogens with one attached hydrogen (secondary N) is 1. The summed E-state index contributed by atoms with van der Waals surface area (Å²) in [5.41, 5.74) is 0. The van der Waals surface area contributed by atoms with Gasteiger partial charge in [0.15, 0.2) is 0 Å². The van der Waals surface area contributed by atoms with E-state index < -0.39 is 6.04 Å². The molecule has 0 aromatic carbocycles. The molecule has 1 rings (SSSR count). The van der Waals surface area contributed by atoms with Crippen LogP contribution >= 0.6 is 12.6 Å². The molecule has 5 nitrogen and oxygen atoms in total. The van der Waals surface area contributed by atoms with Gasteiger partial charge < -0.3 is 15.1 Å². The average molecular weight is 273 g/mol. The van der Waals surface area contributed by atoms with Crippen LogP contribution in [0.5, 0.6) is 0 Å². The smallest absolute Gasteiger partial charge is 0.245 e. The first-order valence-corrected chi connectivity index (χ1v) is 6.92. The Morgan fingerprint density at radius 3 is 2.44 bits per heavy atom. The Balaban J connectivity index is 2.56. The van der Waals surface area contributed by atoms with E-state index in [2.05, 4.69) is 29.9 Å². The third kappa shape index (κ3) is 4.17. The zero-order valence-electron chi connectivity index (χ0n) is 11.3. The SMILES string of the molecule is CC(=O)NC(CS)C(=O)N(C)C1CCN(C)CC1. The molecule has 1 saturated heterocycles. The number of thiol groups is 1. The summed E-state index contributed by atoms with van der Waals surface area (Å²) in [6.07, 6.45) is 1.97. The van der Waals surface area contributed by atoms with Crippen molar-refractivity contribution in [3.63, 3.8) is 0 Å². The summed E-state index contributed by atoms with van der Waals surface area (Å²) in [4.78, 5) is 27.3. The summed E-state index contributed by atoms with van der Waals surface area (Å²) < 4.78 is 0. The molecule has 1 unspecified atom stereocenters. The van der Waals surface area contributed by atoms with Crippen molar-refractivity contribution in [1.82, 2.24) is 15.1 Å². The van der Waals surface area contributed by atoms with E-state index in [1.165, 1.54) is 6.92 Å². The summed E-state index contributed by atoms with van der Waals surface area (Å²) in [6, 6.07) is -0.250. The molecule has 2 amide bonds. The molecule has 1 N–H and O–H groups in total. The highest BCUT2D eigenvalue weighted by Gasteiger charge is 2.28. The van der Waals surface area contributed by atoms with Gasteiger partial charge in [0.25, 0.3) is 0 Å². The number of likely N-dealkylation sites (tertiary alicyclic amines) is 1. The van der Waals surface area contributed by atoms with Crippen molar-refractivity contribution >= 4 is 24.4 Å². The van der Waals surface area contributed by atoms with E-state index in [1.807, 2.05) is 7.05 Å². The summed E-state index contributed by atoms with van der Waals surface area (Å²) in [5.74, 6) is 0.0870. The second kappa shape index (κ2) is 6.99. The van der Waals surface area contributed by atoms with Gasteiger partial charge in [-0.1, -0.05) is 0 Å². The molecular weight excluding hydrogens is 250 g/mol. The van der Waals surface area contributed by atoms with Crippen molar-refractivity contribution < 1.29 is 9.59 Å². The third-order valence-corrected chi connectivity index (χ3v) is 3.81. The number of hydrogen-bond acceptors (Lipinski definition) is 4. The van der Waals surface area contributed by atoms with Crippen molar-refractivity contribution in [3.05, 3.63) is 0 Å². The lowest BCUT2D eigenvalue weighted by molar-refractivity contribution is -0.136. The quantitative estimate of drug-likeness (QED) is 0.708. The molecule has 18 heavy (non-hydrogen) atoms. The van der Waals surface area contributed by atoms with E-state index in [4.69, 9.17) is 0 Å². The largest absolute Gasteiger partial charge is 0.344 e. The molecule has 0 spiro atoms. The van der Waals surface area contributed by atoms with Gasteiger partial charge >= 0.3 is 0 Å². The number of carbonyl (C=O) groups is 2. The van der Waals surface area contributed by atoms with Gasteiger partial charge in [0.1, 0.15) is 6.04 Å². The van der Waals surface area contributed by atoms with Gasteiger partial charge in [-0.25, -0.2) is 0 Å². The van der Waals surface area contributed by atoms with Crippen LogP contribution in [0.15, 0.2) is 0 Å². The molecule has 104 valence electrons. The minimum atomic E-state index is -0.518. The van der Waals surface area contributed by atoms with Gasteiger partial charge in [-0.15, -0.1) is 0 Å². The fraction of sp³-hybridized carbons (Fsp3) is 0.833. The first-order chi connectivity index (χ1) is 8.45. The Labute approximate surface area is 114 Å². The maximum Gasteiger partial charge on any atom is 0.245 e. The first-order valence-electron chi connectivity index (χ1n) is 6.29. The fourth-order valence-corrected chi connectivity index (χ4v) is 2.49. The first kappa shape index (κ1) is 15.3. The Morgan fingerprint density at radius 1 is 1.44 bits per heavy atom. The van der Waals surface area contributed by atoms with Gasteiger partial charge in [-0.05, 0) is 33.0 Å². The molecule has 6 heteroatoms. The number of amides is 2. The van der Waals surface area contributed by atoms with Crippen LogP contribution in [0.2, 0.25) is 0 Å². The van der Waals surface area contributed by atoms with Gasteiger partial charge in [0.2, 0.25) is 11.8 Å². The minimum Gasteiger partial charge on any atom is -0.344 e. The van der Waals surface area contributed by atoms with E-state index >= 15 is 0 Å². The third-order valence-electron chi connectivity index (χ3n) is 3.44. The van der Waals surface area contributed by atoms with Crippen molar-refractivity contribution in [2.24, 2.45) is 0 Å². The van der Waals surface area contributed by atoms with E-state index in [0.29, 0.717) is 5.75 Å². The van der Waals surface area contributed by atoms with Crippen molar-refractivity contribution in [3.8, 4) is 0 Å². The molecule has 1 heterocycles. The van der Waals surface area contributed by atoms with E-state index in [-0.39, 0.29) is 17.9 Å². The standard InChI is InChI=1S/C12H23N3O2S/c1-9(16)13-11(8-18)12(17)15(3)10-4-6-14(2)7-5-10/h10-11,18H,4-8H2,1-3H3,(H,13,16). The van der Waals surface area contributed by atoms with Gasteiger partial charge in [0.05, 0.1) is 0 Å². The molecule has 0 radical (unpaired) electrons. The maximum atomic E-state index is 12.2. The second-order valence-corrected chi connectivity index (χ2v) is 5.28. The molecule has 0 aromatic rings. The zero-order chi connectivity index (χ0) is 13.7. The van der Waals surface area contributed by atoms with Gasteiger partial charge in [-0.3, -0.25) is 9.59 Å². The van der Waals surface area contributed by atoms with Crippen molar-refractivity contribution in [1.29, 1.82) is 0 Å². The van der Waals surface area contributed by atoms with E-state index in [1.54, 1.807) is 4.90 Å². The second-order valence-electron chi connectivity index (χ2n) is 4.92. The van der Waals surface area contributed by atoms with Crippen LogP contribution in [-0.4, -0.2) is 66.6 Å². The molecule has 0 saturated carbocycles. The van der Waals surface area contributed by atoms with Crippen LogP contribution < -0.4 is 5.32 Å². The molecule has 0 aliphatic carbocycles. The minimum absolute atomic E-state index is 0.0465. The van der Waals surface area contributed by atoms with Crippen LogP contribution in [0, 0.1) is 0 Å². The van der Waals surface area contributed by atoms with Crippen LogP contribution in [0.4, 0.5) is 0 Å². The van der Waals surface area contributed by atoms with Crippen LogP contribution in [0.25, 0.3) is 0 Å². The highest BCUT2D eigenvalue weighted by molar-refractivity contribution is 7.80. The van der Waals surface area contributed by atoms with Crippen molar-refractivity contribution in [2.45, 2.75) is 31.8 Å². The predicted octanol–water partition coefficient (Wildman–Crippen LogP) is -0.0265. The van der Waals surface area contributed by atoms with Crippen LogP contribution in [0.1, 0.15) is 19.8 Å². The lowest BCUT2D eigenvalue weighted by Gasteiger charge is -2.36. The maximum absolute atomic E-state index is 12.2. The summed E-state index contributed by atoms with van der Waals surface area (Å²) in [5, 5.41) is 2.64. The normalized spacial score (nSPS) is 19.3. The molecule has 0 aromatic heterocycles. The number of rotatable bonds is 4. The molecule has 1 atom stereocenters. The zero-order valence-corrected chi connectivity index (χ0v) is 12.2. The fourth-order valence-electron chi connectivity index (χ4n) is 2.24. The monoisotopic (exact) mass is 273 g/mol. The highest BCUT2D eigenvalue weighted by Crippen LogP contribution is 2.15. The van der Waals surface area contributed by atoms with E-state index in [0.717, 1.165) is 25.9 Å². The Hall–Kier alpha value is -0.750. The molecule has 1 fully saturated rings. The van der Waals surface area contributed by atoms with E-state index in [9.17, 15) is 9.59 Å². The van der Waals surface area contributed by atoms with Gasteiger partial charge in [-0.2, -0.15) is 12.6 Å². The topological polar surface area (TPSA) is 52.7 Å². The van der Waals surface area contributed by atoms with Crippen LogP contribution in [-0.2, 0) is 9.59 Å². The average Bonchev–Trinajstić information content (AvgIpc) is 2.35. The summed E-state index contributed by atoms with van der Waals surface area (Å²) >= 11 is 4.13. The predicted molar refractivity (Wildman–Crippen MR) is 74.7 cm³/mol. The lowest BCUT2D eigenvalue weighted by Crippen LogP contribution is -2.52. The molecule has 1 aliphatic rings. The summed E-state index contributed by atoms with van der Waals surface area (Å²) in [7, 11) is 3.91. The highest BCUT2D eigenvalue weighted by atomic mass is 32.1. The number of nitrogens with zero attached hydrogens (tertiary/aromatic N) is 2.